The number of carbonyl (C=O) groups excluding carboxylic acids is 1. The van der Waals surface area contributed by atoms with Gasteiger partial charge in [0.25, 0.3) is 5.91 Å². The van der Waals surface area contributed by atoms with Crippen molar-refractivity contribution in [1.29, 1.82) is 0 Å². The van der Waals surface area contributed by atoms with Gasteiger partial charge in [0.05, 0.1) is 11.6 Å². The maximum atomic E-state index is 12.4. The average Bonchev–Trinajstić information content (AvgIpc) is 2.47. The molecule has 1 aromatic carbocycles. The van der Waals surface area contributed by atoms with Crippen molar-refractivity contribution in [2.45, 2.75) is 32.1 Å². The summed E-state index contributed by atoms with van der Waals surface area (Å²) in [5.74, 6) is 1.50. The maximum Gasteiger partial charge on any atom is 0.253 e. The molecule has 1 aliphatic carbocycles. The van der Waals surface area contributed by atoms with Crippen LogP contribution >= 0.6 is 15.9 Å². The Balaban J connectivity index is 2.00. The van der Waals surface area contributed by atoms with Gasteiger partial charge in [-0.1, -0.05) is 19.3 Å². The van der Waals surface area contributed by atoms with Gasteiger partial charge in [-0.3, -0.25) is 4.79 Å². The zero-order valence-electron chi connectivity index (χ0n) is 12.2. The molecule has 1 saturated carbocycles. The van der Waals surface area contributed by atoms with Crippen molar-refractivity contribution in [3.8, 4) is 5.75 Å². The van der Waals surface area contributed by atoms with Crippen molar-refractivity contribution in [2.24, 2.45) is 5.92 Å². The van der Waals surface area contributed by atoms with Crippen molar-refractivity contribution in [2.75, 3.05) is 20.7 Å². The Hall–Kier alpha value is -1.03. The van der Waals surface area contributed by atoms with E-state index in [0.29, 0.717) is 11.5 Å². The van der Waals surface area contributed by atoms with Crippen molar-refractivity contribution in [3.05, 3.63) is 28.2 Å². The molecule has 0 heterocycles. The Morgan fingerprint density at radius 2 is 2.05 bits per heavy atom. The van der Waals surface area contributed by atoms with E-state index in [1.54, 1.807) is 7.11 Å². The van der Waals surface area contributed by atoms with Gasteiger partial charge in [-0.2, -0.15) is 0 Å². The number of hydrogen-bond donors (Lipinski definition) is 0. The number of halogens is 1. The quantitative estimate of drug-likeness (QED) is 0.826. The molecule has 20 heavy (non-hydrogen) atoms. The van der Waals surface area contributed by atoms with Gasteiger partial charge in [0.1, 0.15) is 5.75 Å². The highest BCUT2D eigenvalue weighted by atomic mass is 79.9. The van der Waals surface area contributed by atoms with E-state index in [9.17, 15) is 4.79 Å². The second-order valence-corrected chi connectivity index (χ2v) is 6.39. The summed E-state index contributed by atoms with van der Waals surface area (Å²) in [5.41, 5.74) is 0.705. The highest BCUT2D eigenvalue weighted by Crippen LogP contribution is 2.27. The molecule has 0 bridgehead atoms. The average molecular weight is 340 g/mol. The highest BCUT2D eigenvalue weighted by Gasteiger charge is 2.19. The first-order chi connectivity index (χ1) is 9.61. The summed E-state index contributed by atoms with van der Waals surface area (Å²) in [4.78, 5) is 14.3. The molecule has 4 heteroatoms. The molecule has 0 aromatic heterocycles. The fourth-order valence-electron chi connectivity index (χ4n) is 2.86. The highest BCUT2D eigenvalue weighted by molar-refractivity contribution is 9.10. The predicted molar refractivity (Wildman–Crippen MR) is 84.2 cm³/mol. The van der Waals surface area contributed by atoms with E-state index in [-0.39, 0.29) is 5.91 Å². The lowest BCUT2D eigenvalue weighted by molar-refractivity contribution is 0.0760. The van der Waals surface area contributed by atoms with Crippen molar-refractivity contribution < 1.29 is 9.53 Å². The molecule has 110 valence electrons. The number of carbonyl (C=O) groups is 1. The summed E-state index contributed by atoms with van der Waals surface area (Å²) in [6, 6.07) is 5.48. The van der Waals surface area contributed by atoms with E-state index in [4.69, 9.17) is 4.74 Å². The molecular weight excluding hydrogens is 318 g/mol. The van der Waals surface area contributed by atoms with Gasteiger partial charge in [-0.05, 0) is 52.9 Å². The summed E-state index contributed by atoms with van der Waals surface area (Å²) in [6.45, 7) is 0.864. The van der Waals surface area contributed by atoms with Gasteiger partial charge < -0.3 is 9.64 Å². The number of amides is 1. The molecule has 0 aliphatic heterocycles. The third-order valence-corrected chi connectivity index (χ3v) is 4.62. The van der Waals surface area contributed by atoms with Gasteiger partial charge in [0.15, 0.2) is 0 Å². The summed E-state index contributed by atoms with van der Waals surface area (Å²) in [5, 5.41) is 0. The van der Waals surface area contributed by atoms with Gasteiger partial charge in [0, 0.05) is 19.2 Å². The first-order valence-corrected chi connectivity index (χ1v) is 8.00. The van der Waals surface area contributed by atoms with Crippen LogP contribution in [0.2, 0.25) is 0 Å². The third kappa shape index (κ3) is 3.75. The van der Waals surface area contributed by atoms with Gasteiger partial charge in [0.2, 0.25) is 0 Å². The van der Waals surface area contributed by atoms with Crippen molar-refractivity contribution in [1.82, 2.24) is 4.90 Å². The van der Waals surface area contributed by atoms with Crippen LogP contribution in [0.1, 0.15) is 42.5 Å². The summed E-state index contributed by atoms with van der Waals surface area (Å²) >= 11 is 3.43. The Morgan fingerprint density at radius 1 is 1.35 bits per heavy atom. The molecule has 0 atom stereocenters. The second-order valence-electron chi connectivity index (χ2n) is 5.54. The van der Waals surface area contributed by atoms with E-state index in [0.717, 1.165) is 16.8 Å². The van der Waals surface area contributed by atoms with E-state index in [1.807, 2.05) is 30.1 Å². The normalized spacial score (nSPS) is 15.9. The Labute approximate surface area is 129 Å². The van der Waals surface area contributed by atoms with Crippen LogP contribution in [0.3, 0.4) is 0 Å². The van der Waals surface area contributed by atoms with E-state index in [2.05, 4.69) is 15.9 Å². The lowest BCUT2D eigenvalue weighted by Crippen LogP contribution is -2.32. The minimum atomic E-state index is 0.0823. The van der Waals surface area contributed by atoms with Crippen LogP contribution in [0.5, 0.6) is 5.75 Å². The fourth-order valence-corrected chi connectivity index (χ4v) is 3.40. The van der Waals surface area contributed by atoms with Gasteiger partial charge >= 0.3 is 0 Å². The largest absolute Gasteiger partial charge is 0.496 e. The zero-order valence-corrected chi connectivity index (χ0v) is 13.8. The first kappa shape index (κ1) is 15.4. The molecule has 0 N–H and O–H groups in total. The van der Waals surface area contributed by atoms with Crippen LogP contribution in [0.25, 0.3) is 0 Å². The number of ether oxygens (including phenoxy) is 1. The molecule has 2 rings (SSSR count). The Kier molecular flexibility index (Phi) is 5.46. The van der Waals surface area contributed by atoms with E-state index in [1.165, 1.54) is 32.1 Å². The summed E-state index contributed by atoms with van der Waals surface area (Å²) in [6.07, 6.45) is 6.47. The second kappa shape index (κ2) is 7.11. The summed E-state index contributed by atoms with van der Waals surface area (Å²) in [7, 11) is 3.52. The Morgan fingerprint density at radius 3 is 2.65 bits per heavy atom. The molecule has 3 nitrogen and oxygen atoms in total. The van der Waals surface area contributed by atoms with E-state index < -0.39 is 0 Å². The minimum absolute atomic E-state index is 0.0823. The van der Waals surface area contributed by atoms with Crippen LogP contribution in [0, 0.1) is 5.92 Å². The van der Waals surface area contributed by atoms with Crippen LogP contribution in [-0.4, -0.2) is 31.5 Å². The Bertz CT molecular complexity index is 470. The van der Waals surface area contributed by atoms with Crippen molar-refractivity contribution in [3.63, 3.8) is 0 Å². The first-order valence-electron chi connectivity index (χ1n) is 7.21. The standard InChI is InChI=1S/C16H22BrNO2/c1-18(11-12-6-4-3-5-7-12)16(19)13-8-9-15(20-2)14(17)10-13/h8-10,12H,3-7,11H2,1-2H3. The molecule has 0 radical (unpaired) electrons. The van der Waals surface area contributed by atoms with Crippen LogP contribution in [-0.2, 0) is 0 Å². The van der Waals surface area contributed by atoms with Gasteiger partial charge in [-0.15, -0.1) is 0 Å². The number of hydrogen-bond acceptors (Lipinski definition) is 2. The molecule has 1 amide bonds. The fraction of sp³-hybridized carbons (Fsp3) is 0.562. The molecule has 0 saturated heterocycles. The summed E-state index contributed by atoms with van der Waals surface area (Å²) < 4.78 is 6.01. The monoisotopic (exact) mass is 339 g/mol. The molecular formula is C16H22BrNO2. The number of nitrogens with zero attached hydrogens (tertiary/aromatic N) is 1. The van der Waals surface area contributed by atoms with Gasteiger partial charge in [-0.25, -0.2) is 0 Å². The number of benzene rings is 1. The smallest absolute Gasteiger partial charge is 0.253 e. The lowest BCUT2D eigenvalue weighted by atomic mass is 9.89. The lowest BCUT2D eigenvalue weighted by Gasteiger charge is -2.27. The maximum absolute atomic E-state index is 12.4. The third-order valence-electron chi connectivity index (χ3n) is 4.00. The van der Waals surface area contributed by atoms with Crippen molar-refractivity contribution >= 4 is 21.8 Å². The molecule has 1 aliphatic rings. The van der Waals surface area contributed by atoms with E-state index >= 15 is 0 Å². The number of methoxy groups -OCH3 is 1. The van der Waals surface area contributed by atoms with Crippen LogP contribution < -0.4 is 4.74 Å². The van der Waals surface area contributed by atoms with Crippen LogP contribution in [0.15, 0.2) is 22.7 Å². The molecule has 0 unspecified atom stereocenters. The molecule has 0 spiro atoms. The van der Waals surface area contributed by atoms with Crippen LogP contribution in [0.4, 0.5) is 0 Å². The molecule has 1 aromatic rings. The predicted octanol–water partition coefficient (Wildman–Crippen LogP) is 4.11. The number of rotatable bonds is 4. The molecule has 1 fully saturated rings. The zero-order chi connectivity index (χ0) is 14.5. The topological polar surface area (TPSA) is 29.5 Å². The SMILES string of the molecule is COc1ccc(C(=O)N(C)CC2CCCCC2)cc1Br. The minimum Gasteiger partial charge on any atom is -0.496 e.